The first-order valence-electron chi connectivity index (χ1n) is 6.59. The molecule has 1 unspecified atom stereocenters. The van der Waals surface area contributed by atoms with E-state index in [1.165, 1.54) is 0 Å². The second-order valence-electron chi connectivity index (χ2n) is 4.96. The number of rotatable bonds is 7. The monoisotopic (exact) mass is 319 g/mol. The highest BCUT2D eigenvalue weighted by Gasteiger charge is 2.31. The normalized spacial score (nSPS) is 21.2. The average molecular weight is 319 g/mol. The quantitative estimate of drug-likeness (QED) is 0.738. The molecule has 0 radical (unpaired) electrons. The maximum Gasteiger partial charge on any atom is 0.185 e. The van der Waals surface area contributed by atoms with E-state index in [-0.39, 0.29) is 11.8 Å². The molecule has 1 aliphatic heterocycles. The molecular formula is C12H21N3O3S2. The lowest BCUT2D eigenvalue weighted by Gasteiger charge is -2.22. The molecule has 1 atom stereocenters. The molecule has 1 saturated heterocycles. The molecule has 0 amide bonds. The van der Waals surface area contributed by atoms with Crippen LogP contribution < -0.4 is 10.2 Å². The Morgan fingerprint density at radius 3 is 3.05 bits per heavy atom. The first-order valence-corrected chi connectivity index (χ1v) is 9.29. The molecule has 0 saturated carbocycles. The predicted molar refractivity (Wildman–Crippen MR) is 81.2 cm³/mol. The maximum absolute atomic E-state index is 11.5. The summed E-state index contributed by atoms with van der Waals surface area (Å²) in [7, 11) is 0.744. The van der Waals surface area contributed by atoms with Crippen molar-refractivity contribution < 1.29 is 13.2 Å². The second kappa shape index (κ2) is 6.84. The van der Waals surface area contributed by atoms with Crippen LogP contribution in [0.15, 0.2) is 5.38 Å². The van der Waals surface area contributed by atoms with Gasteiger partial charge in [0.05, 0.1) is 23.8 Å². The molecular weight excluding hydrogens is 298 g/mol. The van der Waals surface area contributed by atoms with Crippen molar-refractivity contribution in [2.24, 2.45) is 0 Å². The zero-order valence-corrected chi connectivity index (χ0v) is 13.5. The van der Waals surface area contributed by atoms with Gasteiger partial charge in [-0.15, -0.1) is 11.3 Å². The Hall–Kier alpha value is -0.700. The van der Waals surface area contributed by atoms with Gasteiger partial charge in [-0.05, 0) is 6.42 Å². The van der Waals surface area contributed by atoms with Crippen LogP contribution in [0.5, 0.6) is 0 Å². The van der Waals surface area contributed by atoms with Crippen LogP contribution >= 0.6 is 11.3 Å². The molecule has 2 heterocycles. The fraction of sp³-hybridized carbons (Fsp3) is 0.750. The van der Waals surface area contributed by atoms with Crippen molar-refractivity contribution in [2.45, 2.75) is 19.0 Å². The Balaban J connectivity index is 1.88. The fourth-order valence-corrected chi connectivity index (χ4v) is 4.80. The summed E-state index contributed by atoms with van der Waals surface area (Å²) < 4.78 is 28.0. The van der Waals surface area contributed by atoms with Crippen LogP contribution in [-0.4, -0.2) is 58.3 Å². The van der Waals surface area contributed by atoms with Crippen molar-refractivity contribution in [2.75, 3.05) is 43.7 Å². The molecule has 2 rings (SSSR count). The zero-order valence-electron chi connectivity index (χ0n) is 11.8. The summed E-state index contributed by atoms with van der Waals surface area (Å²) in [5.74, 6) is 0.531. The van der Waals surface area contributed by atoms with E-state index in [0.29, 0.717) is 25.3 Å². The van der Waals surface area contributed by atoms with Gasteiger partial charge >= 0.3 is 0 Å². The predicted octanol–water partition coefficient (Wildman–Crippen LogP) is 0.502. The first-order chi connectivity index (χ1) is 9.52. The third-order valence-electron chi connectivity index (χ3n) is 3.39. The molecule has 1 aromatic heterocycles. The highest BCUT2D eigenvalue weighted by atomic mass is 32.2. The van der Waals surface area contributed by atoms with Gasteiger partial charge in [0.1, 0.15) is 0 Å². The smallest absolute Gasteiger partial charge is 0.185 e. The summed E-state index contributed by atoms with van der Waals surface area (Å²) in [6, 6.07) is 0.0560. The zero-order chi connectivity index (χ0) is 14.6. The minimum atomic E-state index is -2.85. The van der Waals surface area contributed by atoms with Gasteiger partial charge < -0.3 is 15.0 Å². The number of anilines is 1. The maximum atomic E-state index is 11.5. The van der Waals surface area contributed by atoms with Gasteiger partial charge in [-0.25, -0.2) is 13.4 Å². The Kier molecular flexibility index (Phi) is 5.36. The molecule has 6 nitrogen and oxygen atoms in total. The molecule has 114 valence electrons. The third-order valence-corrected chi connectivity index (χ3v) is 6.12. The lowest BCUT2D eigenvalue weighted by Crippen LogP contribution is -2.32. The van der Waals surface area contributed by atoms with Crippen molar-refractivity contribution in [3.8, 4) is 0 Å². The van der Waals surface area contributed by atoms with E-state index in [9.17, 15) is 8.42 Å². The summed E-state index contributed by atoms with van der Waals surface area (Å²) in [6.07, 6.45) is 0.694. The SMILES string of the molecule is COCCNCc1csc(N(C)C2CCS(=O)(=O)C2)n1. The standard InChI is InChI=1S/C12H21N3O3S2/c1-15(11-3-6-20(16,17)9-11)12-14-10(8-19-12)7-13-4-5-18-2/h8,11,13H,3-7,9H2,1-2H3. The number of hydrogen-bond donors (Lipinski definition) is 1. The van der Waals surface area contributed by atoms with Crippen molar-refractivity contribution in [3.05, 3.63) is 11.1 Å². The van der Waals surface area contributed by atoms with Gasteiger partial charge in [-0.3, -0.25) is 0 Å². The Labute approximate surface area is 124 Å². The van der Waals surface area contributed by atoms with E-state index in [2.05, 4.69) is 10.3 Å². The van der Waals surface area contributed by atoms with E-state index in [1.807, 2.05) is 17.3 Å². The van der Waals surface area contributed by atoms with Crippen LogP contribution in [0.25, 0.3) is 0 Å². The summed E-state index contributed by atoms with van der Waals surface area (Å²) >= 11 is 1.56. The summed E-state index contributed by atoms with van der Waals surface area (Å²) in [4.78, 5) is 6.54. The third kappa shape index (κ3) is 4.15. The van der Waals surface area contributed by atoms with E-state index in [1.54, 1.807) is 18.4 Å². The van der Waals surface area contributed by atoms with Gasteiger partial charge in [0, 0.05) is 38.7 Å². The lowest BCUT2D eigenvalue weighted by atomic mass is 10.2. The van der Waals surface area contributed by atoms with Crippen LogP contribution in [0, 0.1) is 0 Å². The number of aromatic nitrogens is 1. The molecule has 0 spiro atoms. The van der Waals surface area contributed by atoms with Crippen molar-refractivity contribution >= 4 is 26.3 Å². The van der Waals surface area contributed by atoms with Gasteiger partial charge in [-0.1, -0.05) is 0 Å². The lowest BCUT2D eigenvalue weighted by molar-refractivity contribution is 0.199. The van der Waals surface area contributed by atoms with Gasteiger partial charge in [0.2, 0.25) is 0 Å². The van der Waals surface area contributed by atoms with Gasteiger partial charge in [0.15, 0.2) is 15.0 Å². The Morgan fingerprint density at radius 2 is 2.40 bits per heavy atom. The van der Waals surface area contributed by atoms with Crippen molar-refractivity contribution in [1.82, 2.24) is 10.3 Å². The van der Waals surface area contributed by atoms with Crippen molar-refractivity contribution in [3.63, 3.8) is 0 Å². The number of hydrogen-bond acceptors (Lipinski definition) is 7. The second-order valence-corrected chi connectivity index (χ2v) is 8.02. The molecule has 1 N–H and O–H groups in total. The summed E-state index contributed by atoms with van der Waals surface area (Å²) in [5.41, 5.74) is 0.980. The molecule has 1 aliphatic rings. The molecule has 8 heteroatoms. The number of methoxy groups -OCH3 is 1. The number of sulfone groups is 1. The van der Waals surface area contributed by atoms with Gasteiger partial charge in [-0.2, -0.15) is 0 Å². The largest absolute Gasteiger partial charge is 0.383 e. The fourth-order valence-electron chi connectivity index (χ4n) is 2.17. The first kappa shape index (κ1) is 15.7. The number of nitrogens with zero attached hydrogens (tertiary/aromatic N) is 2. The van der Waals surface area contributed by atoms with Gasteiger partial charge in [0.25, 0.3) is 0 Å². The van der Waals surface area contributed by atoms with Crippen LogP contribution in [-0.2, 0) is 21.1 Å². The van der Waals surface area contributed by atoms with Crippen molar-refractivity contribution in [1.29, 1.82) is 0 Å². The molecule has 0 bridgehead atoms. The van der Waals surface area contributed by atoms with E-state index in [0.717, 1.165) is 17.4 Å². The number of nitrogens with one attached hydrogen (secondary N) is 1. The van der Waals surface area contributed by atoms with Crippen LogP contribution in [0.4, 0.5) is 5.13 Å². The minimum Gasteiger partial charge on any atom is -0.383 e. The topological polar surface area (TPSA) is 71.5 Å². The molecule has 0 aliphatic carbocycles. The van der Waals surface area contributed by atoms with Crippen LogP contribution in [0.1, 0.15) is 12.1 Å². The van der Waals surface area contributed by atoms with Crippen LogP contribution in [0.2, 0.25) is 0 Å². The van der Waals surface area contributed by atoms with E-state index >= 15 is 0 Å². The minimum absolute atomic E-state index is 0.0560. The average Bonchev–Trinajstić information content (AvgIpc) is 3.00. The Morgan fingerprint density at radius 1 is 1.60 bits per heavy atom. The van der Waals surface area contributed by atoms with E-state index < -0.39 is 9.84 Å². The van der Waals surface area contributed by atoms with Crippen LogP contribution in [0.3, 0.4) is 0 Å². The molecule has 0 aromatic carbocycles. The molecule has 1 fully saturated rings. The highest BCUT2D eigenvalue weighted by molar-refractivity contribution is 7.91. The number of ether oxygens (including phenoxy) is 1. The molecule has 20 heavy (non-hydrogen) atoms. The number of thiazole rings is 1. The summed E-state index contributed by atoms with van der Waals surface area (Å²) in [5, 5.41) is 6.14. The highest BCUT2D eigenvalue weighted by Crippen LogP contribution is 2.25. The summed E-state index contributed by atoms with van der Waals surface area (Å²) in [6.45, 7) is 2.17. The molecule has 1 aromatic rings. The van der Waals surface area contributed by atoms with E-state index in [4.69, 9.17) is 4.74 Å². The Bertz CT molecular complexity index is 530.